The Hall–Kier alpha value is -5.69. The van der Waals surface area contributed by atoms with E-state index in [4.69, 9.17) is 23.7 Å². The molecule has 7 nitrogen and oxygen atoms in total. The van der Waals surface area contributed by atoms with Gasteiger partial charge in [-0.05, 0) is 84.6 Å². The first-order valence-electron chi connectivity index (χ1n) is 16.0. The number of hydrogen-bond donors (Lipinski definition) is 0. The Morgan fingerprint density at radius 1 is 0.667 bits per heavy atom. The van der Waals surface area contributed by atoms with Gasteiger partial charge in [-0.3, -0.25) is 0 Å². The fourth-order valence-corrected chi connectivity index (χ4v) is 5.76. The Morgan fingerprint density at radius 3 is 2.00 bits per heavy atom. The standard InChI is InChI=1S/C41H39NO6/c1-4-45-40(43)28-47-34-18-15-30(16-19-34)25-42-37-21-20-35(46-26-31-11-7-5-8-12-31)24-36(37)29(2)41(42)33-17-22-38(39(23-33)44-3)48-27-32-13-9-6-10-14-32/h5-24H,4,25-28H2,1-3H3. The van der Waals surface area contributed by atoms with E-state index in [1.54, 1.807) is 14.0 Å². The summed E-state index contributed by atoms with van der Waals surface area (Å²) in [5.74, 6) is 2.37. The van der Waals surface area contributed by atoms with Gasteiger partial charge >= 0.3 is 5.97 Å². The smallest absolute Gasteiger partial charge is 0.344 e. The van der Waals surface area contributed by atoms with Crippen LogP contribution in [0.25, 0.3) is 22.2 Å². The van der Waals surface area contributed by atoms with Crippen molar-refractivity contribution in [2.45, 2.75) is 33.6 Å². The minimum absolute atomic E-state index is 0.125. The molecule has 0 atom stereocenters. The average molecular weight is 642 g/mol. The Balaban J connectivity index is 1.33. The average Bonchev–Trinajstić information content (AvgIpc) is 3.40. The number of methoxy groups -OCH3 is 1. The van der Waals surface area contributed by atoms with Gasteiger partial charge in [-0.25, -0.2) is 4.79 Å². The van der Waals surface area contributed by atoms with Crippen molar-refractivity contribution in [3.8, 4) is 34.3 Å². The van der Waals surface area contributed by atoms with E-state index in [1.165, 1.54) is 0 Å². The fraction of sp³-hybridized carbons (Fsp3) is 0.195. The first kappa shape index (κ1) is 32.3. The number of esters is 1. The van der Waals surface area contributed by atoms with Crippen molar-refractivity contribution >= 4 is 16.9 Å². The number of carbonyl (C=O) groups is 1. The molecule has 0 fully saturated rings. The van der Waals surface area contributed by atoms with E-state index >= 15 is 0 Å². The van der Waals surface area contributed by atoms with Gasteiger partial charge in [0.15, 0.2) is 18.1 Å². The predicted octanol–water partition coefficient (Wildman–Crippen LogP) is 8.77. The third-order valence-electron chi connectivity index (χ3n) is 8.14. The van der Waals surface area contributed by atoms with Crippen LogP contribution in [0, 0.1) is 6.92 Å². The Morgan fingerprint density at radius 2 is 1.33 bits per heavy atom. The molecule has 0 amide bonds. The highest BCUT2D eigenvalue weighted by Crippen LogP contribution is 2.39. The van der Waals surface area contributed by atoms with Crippen LogP contribution >= 0.6 is 0 Å². The van der Waals surface area contributed by atoms with Crippen molar-refractivity contribution in [2.24, 2.45) is 0 Å². The normalized spacial score (nSPS) is 10.9. The molecule has 0 aliphatic heterocycles. The summed E-state index contributed by atoms with van der Waals surface area (Å²) in [6, 6.07) is 40.4. The largest absolute Gasteiger partial charge is 0.493 e. The van der Waals surface area contributed by atoms with Gasteiger partial charge in [0, 0.05) is 23.0 Å². The third-order valence-corrected chi connectivity index (χ3v) is 8.14. The molecule has 244 valence electrons. The second-order valence-electron chi connectivity index (χ2n) is 11.4. The van der Waals surface area contributed by atoms with Crippen molar-refractivity contribution in [1.82, 2.24) is 4.57 Å². The number of rotatable bonds is 14. The lowest BCUT2D eigenvalue weighted by molar-refractivity contribution is -0.145. The summed E-state index contributed by atoms with van der Waals surface area (Å²) < 4.78 is 31.1. The highest BCUT2D eigenvalue weighted by atomic mass is 16.6. The highest BCUT2D eigenvalue weighted by Gasteiger charge is 2.19. The van der Waals surface area contributed by atoms with Gasteiger partial charge in [0.1, 0.15) is 24.7 Å². The number of nitrogens with zero attached hydrogens (tertiary/aromatic N) is 1. The van der Waals surface area contributed by atoms with E-state index in [1.807, 2.05) is 91.0 Å². The van der Waals surface area contributed by atoms with E-state index < -0.39 is 0 Å². The Labute approximate surface area is 281 Å². The van der Waals surface area contributed by atoms with Crippen molar-refractivity contribution in [1.29, 1.82) is 0 Å². The second kappa shape index (κ2) is 15.3. The molecule has 1 heterocycles. The lowest BCUT2D eigenvalue weighted by Crippen LogP contribution is -2.14. The van der Waals surface area contributed by atoms with Crippen LogP contribution in [-0.2, 0) is 29.3 Å². The van der Waals surface area contributed by atoms with Crippen LogP contribution in [0.15, 0.2) is 121 Å². The first-order chi connectivity index (χ1) is 23.5. The molecule has 0 bridgehead atoms. The highest BCUT2D eigenvalue weighted by molar-refractivity contribution is 5.93. The molecule has 48 heavy (non-hydrogen) atoms. The predicted molar refractivity (Wildman–Crippen MR) is 188 cm³/mol. The molecule has 0 spiro atoms. The van der Waals surface area contributed by atoms with E-state index in [2.05, 4.69) is 41.8 Å². The van der Waals surface area contributed by atoms with E-state index in [-0.39, 0.29) is 12.6 Å². The number of ether oxygens (including phenoxy) is 5. The Kier molecular flexibility index (Phi) is 10.3. The number of carbonyl (C=O) groups excluding carboxylic acids is 1. The van der Waals surface area contributed by atoms with Crippen molar-refractivity contribution in [3.05, 3.63) is 144 Å². The molecule has 0 saturated carbocycles. The first-order valence-corrected chi connectivity index (χ1v) is 16.0. The van der Waals surface area contributed by atoms with Crippen molar-refractivity contribution in [3.63, 3.8) is 0 Å². The molecule has 6 rings (SSSR count). The molecular weight excluding hydrogens is 602 g/mol. The van der Waals surface area contributed by atoms with Crippen LogP contribution in [0.1, 0.15) is 29.2 Å². The maximum Gasteiger partial charge on any atom is 0.344 e. The zero-order chi connectivity index (χ0) is 33.3. The molecule has 0 unspecified atom stereocenters. The van der Waals surface area contributed by atoms with Crippen LogP contribution in [0.3, 0.4) is 0 Å². The maximum atomic E-state index is 11.8. The van der Waals surface area contributed by atoms with E-state index in [0.29, 0.717) is 43.6 Å². The molecule has 7 heteroatoms. The monoisotopic (exact) mass is 641 g/mol. The minimum atomic E-state index is -0.389. The van der Waals surface area contributed by atoms with Gasteiger partial charge in [0.25, 0.3) is 0 Å². The second-order valence-corrected chi connectivity index (χ2v) is 11.4. The van der Waals surface area contributed by atoms with Gasteiger partial charge in [0.2, 0.25) is 0 Å². The van der Waals surface area contributed by atoms with E-state index in [0.717, 1.165) is 50.2 Å². The number of aromatic nitrogens is 1. The summed E-state index contributed by atoms with van der Waals surface area (Å²) in [6.07, 6.45) is 0. The van der Waals surface area contributed by atoms with Gasteiger partial charge < -0.3 is 28.3 Å². The molecule has 0 radical (unpaired) electrons. The fourth-order valence-electron chi connectivity index (χ4n) is 5.76. The molecular formula is C41H39NO6. The summed E-state index contributed by atoms with van der Waals surface area (Å²) >= 11 is 0. The summed E-state index contributed by atoms with van der Waals surface area (Å²) in [5, 5.41) is 1.10. The number of hydrogen-bond acceptors (Lipinski definition) is 6. The van der Waals surface area contributed by atoms with Crippen LogP contribution in [0.4, 0.5) is 0 Å². The summed E-state index contributed by atoms with van der Waals surface area (Å²) in [7, 11) is 1.67. The van der Waals surface area contributed by atoms with Gasteiger partial charge in [-0.1, -0.05) is 72.8 Å². The Bertz CT molecular complexity index is 1970. The summed E-state index contributed by atoms with van der Waals surface area (Å²) in [5.41, 5.74) is 7.57. The molecule has 1 aromatic heterocycles. The molecule has 5 aromatic carbocycles. The molecule has 6 aromatic rings. The van der Waals surface area contributed by atoms with Gasteiger partial charge in [0.05, 0.1) is 19.4 Å². The lowest BCUT2D eigenvalue weighted by atomic mass is 10.1. The number of fused-ring (bicyclic) bond motifs is 1. The molecule has 0 aliphatic rings. The SMILES string of the molecule is CCOC(=O)COc1ccc(Cn2c(-c3ccc(OCc4ccccc4)c(OC)c3)c(C)c3cc(OCc4ccccc4)ccc32)cc1. The third kappa shape index (κ3) is 7.64. The van der Waals surface area contributed by atoms with Gasteiger partial charge in [-0.15, -0.1) is 0 Å². The summed E-state index contributed by atoms with van der Waals surface area (Å²) in [4.78, 5) is 11.8. The van der Waals surface area contributed by atoms with Crippen LogP contribution < -0.4 is 18.9 Å². The molecule has 0 N–H and O–H groups in total. The molecule has 0 aliphatic carbocycles. The van der Waals surface area contributed by atoms with Crippen molar-refractivity contribution in [2.75, 3.05) is 20.3 Å². The lowest BCUT2D eigenvalue weighted by Gasteiger charge is -2.16. The molecule has 0 saturated heterocycles. The van der Waals surface area contributed by atoms with Crippen molar-refractivity contribution < 1.29 is 28.5 Å². The number of benzene rings is 5. The quantitative estimate of drug-likeness (QED) is 0.111. The topological polar surface area (TPSA) is 68.2 Å². The van der Waals surface area contributed by atoms with Crippen LogP contribution in [0.2, 0.25) is 0 Å². The van der Waals surface area contributed by atoms with Gasteiger partial charge in [-0.2, -0.15) is 0 Å². The maximum absolute atomic E-state index is 11.8. The zero-order valence-electron chi connectivity index (χ0n) is 27.5. The minimum Gasteiger partial charge on any atom is -0.493 e. The zero-order valence-corrected chi connectivity index (χ0v) is 27.5. The summed E-state index contributed by atoms with van der Waals surface area (Å²) in [6.45, 7) is 5.66. The van der Waals surface area contributed by atoms with Crippen LogP contribution in [-0.4, -0.2) is 30.9 Å². The number of aryl methyl sites for hydroxylation is 1. The van der Waals surface area contributed by atoms with E-state index in [9.17, 15) is 4.79 Å². The van der Waals surface area contributed by atoms with Crippen LogP contribution in [0.5, 0.6) is 23.0 Å².